The lowest BCUT2D eigenvalue weighted by Gasteiger charge is -1.99. The van der Waals surface area contributed by atoms with Crippen molar-refractivity contribution in [2.45, 2.75) is 6.54 Å². The van der Waals surface area contributed by atoms with Gasteiger partial charge < -0.3 is 10.8 Å². The Morgan fingerprint density at radius 1 is 1.19 bits per heavy atom. The number of carboxylic acids is 1. The summed E-state index contributed by atoms with van der Waals surface area (Å²) in [5, 5.41) is 8.82. The molecule has 0 fully saturated rings. The van der Waals surface area contributed by atoms with Gasteiger partial charge >= 0.3 is 5.97 Å². The maximum absolute atomic E-state index is 10.7. The highest BCUT2D eigenvalue weighted by atomic mass is 32.1. The minimum absolute atomic E-state index is 0.359. The zero-order chi connectivity index (χ0) is 11.5. The number of nitrogens with two attached hydrogens (primary N) is 1. The van der Waals surface area contributed by atoms with Crippen molar-refractivity contribution in [2.75, 3.05) is 0 Å². The highest BCUT2D eigenvalue weighted by Gasteiger charge is 2.07. The first kappa shape index (κ1) is 10.9. The molecule has 82 valence electrons. The van der Waals surface area contributed by atoms with E-state index >= 15 is 0 Å². The molecule has 0 amide bonds. The monoisotopic (exact) mass is 233 g/mol. The van der Waals surface area contributed by atoms with E-state index in [0.717, 1.165) is 16.0 Å². The molecule has 3 N–H and O–H groups in total. The molecular weight excluding hydrogens is 222 g/mol. The van der Waals surface area contributed by atoms with Crippen LogP contribution in [0.1, 0.15) is 15.2 Å². The van der Waals surface area contributed by atoms with Crippen LogP contribution in [-0.4, -0.2) is 11.1 Å². The topological polar surface area (TPSA) is 63.3 Å². The molecule has 0 atom stereocenters. The molecule has 16 heavy (non-hydrogen) atoms. The van der Waals surface area contributed by atoms with Crippen molar-refractivity contribution >= 4 is 17.3 Å². The molecule has 2 aromatic rings. The molecule has 0 aliphatic heterocycles. The van der Waals surface area contributed by atoms with Gasteiger partial charge in [-0.15, -0.1) is 11.3 Å². The molecule has 1 aromatic carbocycles. The molecule has 0 radical (unpaired) electrons. The first-order valence-corrected chi connectivity index (χ1v) is 5.65. The molecule has 4 heteroatoms. The molecule has 0 saturated carbocycles. The van der Waals surface area contributed by atoms with Gasteiger partial charge in [0.2, 0.25) is 0 Å². The first-order chi connectivity index (χ1) is 7.70. The first-order valence-electron chi connectivity index (χ1n) is 4.83. The molecule has 0 spiro atoms. The third-order valence-corrected chi connectivity index (χ3v) is 3.41. The van der Waals surface area contributed by atoms with Crippen molar-refractivity contribution in [3.05, 3.63) is 46.8 Å². The van der Waals surface area contributed by atoms with E-state index in [1.54, 1.807) is 6.07 Å². The number of thiophene rings is 1. The lowest BCUT2D eigenvalue weighted by Crippen LogP contribution is -1.94. The van der Waals surface area contributed by atoms with E-state index in [9.17, 15) is 4.79 Å². The van der Waals surface area contributed by atoms with Gasteiger partial charge in [-0.3, -0.25) is 0 Å². The van der Waals surface area contributed by atoms with E-state index in [0.29, 0.717) is 11.4 Å². The Morgan fingerprint density at radius 3 is 2.38 bits per heavy atom. The Hall–Kier alpha value is -1.65. The van der Waals surface area contributed by atoms with Gasteiger partial charge in [0.25, 0.3) is 0 Å². The molecule has 1 heterocycles. The normalized spacial score (nSPS) is 10.3. The van der Waals surface area contributed by atoms with E-state index < -0.39 is 5.97 Å². The van der Waals surface area contributed by atoms with Crippen LogP contribution in [0.4, 0.5) is 0 Å². The lowest BCUT2D eigenvalue weighted by molar-refractivity contribution is 0.0702. The average molecular weight is 233 g/mol. The van der Waals surface area contributed by atoms with Crippen molar-refractivity contribution < 1.29 is 9.90 Å². The summed E-state index contributed by atoms with van der Waals surface area (Å²) in [6.07, 6.45) is 0. The summed E-state index contributed by atoms with van der Waals surface area (Å²) in [5.74, 6) is -0.880. The SMILES string of the molecule is NCc1ccc(-c2ccc(C(=O)O)s2)cc1. The Balaban J connectivity index is 2.31. The molecule has 0 unspecified atom stereocenters. The van der Waals surface area contributed by atoms with Crippen LogP contribution >= 0.6 is 11.3 Å². The van der Waals surface area contributed by atoms with Gasteiger partial charge in [-0.25, -0.2) is 4.79 Å². The summed E-state index contributed by atoms with van der Waals surface area (Å²) in [7, 11) is 0. The van der Waals surface area contributed by atoms with E-state index in [2.05, 4.69) is 0 Å². The van der Waals surface area contributed by atoms with Crippen molar-refractivity contribution in [2.24, 2.45) is 5.73 Å². The number of hydrogen-bond donors (Lipinski definition) is 2. The second-order valence-electron chi connectivity index (χ2n) is 3.37. The maximum atomic E-state index is 10.7. The molecule has 0 bridgehead atoms. The fourth-order valence-corrected chi connectivity index (χ4v) is 2.26. The molecule has 0 aliphatic carbocycles. The van der Waals surface area contributed by atoms with Gasteiger partial charge in [-0.2, -0.15) is 0 Å². The second kappa shape index (κ2) is 4.47. The van der Waals surface area contributed by atoms with Crippen LogP contribution in [0.5, 0.6) is 0 Å². The Labute approximate surface area is 97.2 Å². The Morgan fingerprint density at radius 2 is 1.88 bits per heavy atom. The predicted molar refractivity (Wildman–Crippen MR) is 64.6 cm³/mol. The van der Waals surface area contributed by atoms with E-state index in [1.807, 2.05) is 30.3 Å². The van der Waals surface area contributed by atoms with Gasteiger partial charge in [0.15, 0.2) is 0 Å². The fraction of sp³-hybridized carbons (Fsp3) is 0.0833. The number of hydrogen-bond acceptors (Lipinski definition) is 3. The van der Waals surface area contributed by atoms with E-state index in [4.69, 9.17) is 10.8 Å². The van der Waals surface area contributed by atoms with Crippen LogP contribution in [0.2, 0.25) is 0 Å². The van der Waals surface area contributed by atoms with Crippen LogP contribution in [0.25, 0.3) is 10.4 Å². The number of carboxylic acid groups (broad SMARTS) is 1. The van der Waals surface area contributed by atoms with Gasteiger partial charge in [0.1, 0.15) is 4.88 Å². The van der Waals surface area contributed by atoms with Crippen LogP contribution in [0.15, 0.2) is 36.4 Å². The largest absolute Gasteiger partial charge is 0.477 e. The summed E-state index contributed by atoms with van der Waals surface area (Å²) < 4.78 is 0. The van der Waals surface area contributed by atoms with Crippen LogP contribution in [-0.2, 0) is 6.54 Å². The molecule has 0 aliphatic rings. The number of aromatic carboxylic acids is 1. The predicted octanol–water partition coefficient (Wildman–Crippen LogP) is 2.57. The Kier molecular flexibility index (Phi) is 3.03. The number of rotatable bonds is 3. The molecule has 0 saturated heterocycles. The summed E-state index contributed by atoms with van der Waals surface area (Å²) in [4.78, 5) is 12.1. The smallest absolute Gasteiger partial charge is 0.345 e. The molecule has 3 nitrogen and oxygen atoms in total. The van der Waals surface area contributed by atoms with Crippen molar-refractivity contribution in [1.29, 1.82) is 0 Å². The third-order valence-electron chi connectivity index (χ3n) is 2.29. The third kappa shape index (κ3) is 2.13. The van der Waals surface area contributed by atoms with Crippen molar-refractivity contribution in [3.63, 3.8) is 0 Å². The second-order valence-corrected chi connectivity index (χ2v) is 4.45. The highest BCUT2D eigenvalue weighted by molar-refractivity contribution is 7.17. The zero-order valence-corrected chi connectivity index (χ0v) is 9.33. The van der Waals surface area contributed by atoms with E-state index in [1.165, 1.54) is 11.3 Å². The molecule has 1 aromatic heterocycles. The summed E-state index contributed by atoms with van der Waals surface area (Å²) >= 11 is 1.28. The minimum Gasteiger partial charge on any atom is -0.477 e. The molecule has 2 rings (SSSR count). The molecular formula is C12H11NO2S. The van der Waals surface area contributed by atoms with Gasteiger partial charge in [-0.05, 0) is 23.3 Å². The minimum atomic E-state index is -0.880. The summed E-state index contributed by atoms with van der Waals surface area (Å²) in [6, 6.07) is 11.3. The standard InChI is InChI=1S/C12H11NO2S/c13-7-8-1-3-9(4-2-8)10-5-6-11(16-10)12(14)15/h1-6H,7,13H2,(H,14,15). The van der Waals surface area contributed by atoms with Crippen molar-refractivity contribution in [1.82, 2.24) is 0 Å². The summed E-state index contributed by atoms with van der Waals surface area (Å²) in [5.41, 5.74) is 7.60. The lowest BCUT2D eigenvalue weighted by atomic mass is 10.1. The van der Waals surface area contributed by atoms with Crippen LogP contribution in [0.3, 0.4) is 0 Å². The maximum Gasteiger partial charge on any atom is 0.345 e. The van der Waals surface area contributed by atoms with Gasteiger partial charge in [0, 0.05) is 11.4 Å². The average Bonchev–Trinajstić information content (AvgIpc) is 2.78. The summed E-state index contributed by atoms with van der Waals surface area (Å²) in [6.45, 7) is 0.519. The quantitative estimate of drug-likeness (QED) is 0.856. The van der Waals surface area contributed by atoms with Crippen LogP contribution in [0, 0.1) is 0 Å². The fourth-order valence-electron chi connectivity index (χ4n) is 1.41. The number of carbonyl (C=O) groups is 1. The zero-order valence-electron chi connectivity index (χ0n) is 8.51. The highest BCUT2D eigenvalue weighted by Crippen LogP contribution is 2.28. The van der Waals surface area contributed by atoms with Crippen LogP contribution < -0.4 is 5.73 Å². The van der Waals surface area contributed by atoms with E-state index in [-0.39, 0.29) is 0 Å². The van der Waals surface area contributed by atoms with Gasteiger partial charge in [0.05, 0.1) is 0 Å². The van der Waals surface area contributed by atoms with Gasteiger partial charge in [-0.1, -0.05) is 24.3 Å². The Bertz CT molecular complexity index is 502. The number of benzene rings is 1. The van der Waals surface area contributed by atoms with Crippen molar-refractivity contribution in [3.8, 4) is 10.4 Å².